The average molecular weight is 370 g/mol. The van der Waals surface area contributed by atoms with Gasteiger partial charge in [-0.3, -0.25) is 0 Å². The van der Waals surface area contributed by atoms with Gasteiger partial charge in [-0.25, -0.2) is 0 Å². The SMILES string of the molecule is COc1c2c(c3ccoc3c1OC)O[C@@H](c1ccccc1)[C@H](OC)[C@H]2OC. The van der Waals surface area contributed by atoms with Gasteiger partial charge in [-0.1, -0.05) is 30.3 Å². The number of hydrogen-bond acceptors (Lipinski definition) is 6. The predicted octanol–water partition coefficient (Wildman–Crippen LogP) is 4.29. The predicted molar refractivity (Wildman–Crippen MR) is 99.7 cm³/mol. The van der Waals surface area contributed by atoms with Crippen molar-refractivity contribution in [2.75, 3.05) is 28.4 Å². The molecule has 1 aliphatic rings. The molecule has 0 radical (unpaired) electrons. The molecule has 3 atom stereocenters. The number of fused-ring (bicyclic) bond motifs is 3. The molecule has 0 spiro atoms. The van der Waals surface area contributed by atoms with Gasteiger partial charge in [0, 0.05) is 14.2 Å². The van der Waals surface area contributed by atoms with Gasteiger partial charge in [-0.15, -0.1) is 0 Å². The Morgan fingerprint density at radius 1 is 0.852 bits per heavy atom. The Morgan fingerprint density at radius 3 is 2.22 bits per heavy atom. The zero-order chi connectivity index (χ0) is 19.0. The van der Waals surface area contributed by atoms with Crippen LogP contribution in [-0.2, 0) is 9.47 Å². The Hall–Kier alpha value is -2.70. The van der Waals surface area contributed by atoms with Crippen LogP contribution in [0.1, 0.15) is 23.3 Å². The van der Waals surface area contributed by atoms with Crippen molar-refractivity contribution in [1.82, 2.24) is 0 Å². The van der Waals surface area contributed by atoms with E-state index < -0.39 is 6.10 Å². The maximum absolute atomic E-state index is 6.47. The molecule has 6 nitrogen and oxygen atoms in total. The summed E-state index contributed by atoms with van der Waals surface area (Å²) in [4.78, 5) is 0. The second-order valence-electron chi connectivity index (χ2n) is 6.28. The fourth-order valence-electron chi connectivity index (χ4n) is 3.83. The van der Waals surface area contributed by atoms with Gasteiger partial charge in [0.05, 0.1) is 31.4 Å². The van der Waals surface area contributed by atoms with E-state index in [1.807, 2.05) is 36.4 Å². The summed E-state index contributed by atoms with van der Waals surface area (Å²) in [6.07, 6.45) is 0.489. The minimum absolute atomic E-state index is 0.343. The molecule has 3 aromatic rings. The van der Waals surface area contributed by atoms with E-state index in [2.05, 4.69) is 0 Å². The fraction of sp³-hybridized carbons (Fsp3) is 0.333. The lowest BCUT2D eigenvalue weighted by Crippen LogP contribution is -2.37. The van der Waals surface area contributed by atoms with Gasteiger partial charge in [-0.05, 0) is 11.6 Å². The minimum Gasteiger partial charge on any atom is -0.492 e. The molecule has 27 heavy (non-hydrogen) atoms. The normalized spacial score (nSPS) is 21.6. The van der Waals surface area contributed by atoms with Crippen LogP contribution in [0, 0.1) is 0 Å². The Bertz CT molecular complexity index is 933. The van der Waals surface area contributed by atoms with E-state index in [1.165, 1.54) is 0 Å². The monoisotopic (exact) mass is 370 g/mol. The van der Waals surface area contributed by atoms with Crippen LogP contribution in [0.5, 0.6) is 17.2 Å². The van der Waals surface area contributed by atoms with Crippen LogP contribution in [0.15, 0.2) is 47.1 Å². The molecule has 4 rings (SSSR count). The number of hydrogen-bond donors (Lipinski definition) is 0. The molecule has 0 N–H and O–H groups in total. The van der Waals surface area contributed by atoms with Crippen molar-refractivity contribution in [3.63, 3.8) is 0 Å². The third-order valence-corrected chi connectivity index (χ3v) is 5.00. The molecule has 0 bridgehead atoms. The molecule has 0 saturated heterocycles. The van der Waals surface area contributed by atoms with E-state index in [-0.39, 0.29) is 12.2 Å². The van der Waals surface area contributed by atoms with Crippen LogP contribution >= 0.6 is 0 Å². The molecule has 0 unspecified atom stereocenters. The number of methoxy groups -OCH3 is 4. The van der Waals surface area contributed by atoms with Crippen molar-refractivity contribution in [2.45, 2.75) is 18.3 Å². The molecule has 1 aliphatic heterocycles. The molecule has 1 aromatic heterocycles. The summed E-state index contributed by atoms with van der Waals surface area (Å²) in [6, 6.07) is 11.8. The molecule has 6 heteroatoms. The molecule has 0 aliphatic carbocycles. The lowest BCUT2D eigenvalue weighted by molar-refractivity contribution is -0.106. The second-order valence-corrected chi connectivity index (χ2v) is 6.28. The first-order chi connectivity index (χ1) is 13.2. The largest absolute Gasteiger partial charge is 0.492 e. The average Bonchev–Trinajstić information content (AvgIpc) is 3.21. The Labute approximate surface area is 157 Å². The smallest absolute Gasteiger partial charge is 0.205 e. The summed E-state index contributed by atoms with van der Waals surface area (Å²) in [5.41, 5.74) is 2.33. The van der Waals surface area contributed by atoms with Gasteiger partial charge < -0.3 is 28.1 Å². The number of furan rings is 1. The van der Waals surface area contributed by atoms with Crippen LogP contribution in [0.3, 0.4) is 0 Å². The first-order valence-corrected chi connectivity index (χ1v) is 8.67. The van der Waals surface area contributed by atoms with Crippen LogP contribution in [0.4, 0.5) is 0 Å². The zero-order valence-electron chi connectivity index (χ0n) is 15.7. The molecule has 0 saturated carbocycles. The summed E-state index contributed by atoms with van der Waals surface area (Å²) >= 11 is 0. The molecule has 0 fully saturated rings. The summed E-state index contributed by atoms with van der Waals surface area (Å²) < 4.78 is 35.1. The third kappa shape index (κ3) is 2.64. The van der Waals surface area contributed by atoms with Crippen LogP contribution in [-0.4, -0.2) is 34.5 Å². The number of rotatable bonds is 5. The highest BCUT2D eigenvalue weighted by Crippen LogP contribution is 2.55. The fourth-order valence-corrected chi connectivity index (χ4v) is 3.83. The van der Waals surface area contributed by atoms with Gasteiger partial charge in [0.25, 0.3) is 0 Å². The van der Waals surface area contributed by atoms with Crippen LogP contribution < -0.4 is 14.2 Å². The molecular formula is C21H22O6. The van der Waals surface area contributed by atoms with Crippen molar-refractivity contribution in [2.24, 2.45) is 0 Å². The van der Waals surface area contributed by atoms with E-state index in [1.54, 1.807) is 34.7 Å². The lowest BCUT2D eigenvalue weighted by Gasteiger charge is -2.39. The van der Waals surface area contributed by atoms with Gasteiger partial charge in [-0.2, -0.15) is 0 Å². The Kier molecular flexibility index (Phi) is 4.68. The Morgan fingerprint density at radius 2 is 1.59 bits per heavy atom. The topological polar surface area (TPSA) is 59.3 Å². The summed E-state index contributed by atoms with van der Waals surface area (Å²) in [5.74, 6) is 1.69. The standard InChI is InChI=1S/C21H22O6/c1-22-18-14-16(13-10-11-26-17(13)21(25-4)19(14)23-2)27-15(20(18)24-3)12-8-6-5-7-9-12/h5-11,15,18,20H,1-4H3/t15-,18-,20-/m0/s1. The van der Waals surface area contributed by atoms with Gasteiger partial charge >= 0.3 is 0 Å². The van der Waals surface area contributed by atoms with Crippen LogP contribution in [0.25, 0.3) is 11.0 Å². The summed E-state index contributed by atoms with van der Waals surface area (Å²) in [5, 5.41) is 0.806. The van der Waals surface area contributed by atoms with E-state index in [4.69, 9.17) is 28.1 Å². The van der Waals surface area contributed by atoms with Gasteiger partial charge in [0.2, 0.25) is 5.75 Å². The first-order valence-electron chi connectivity index (χ1n) is 8.67. The molecule has 0 amide bonds. The minimum atomic E-state index is -0.410. The zero-order valence-corrected chi connectivity index (χ0v) is 15.7. The maximum Gasteiger partial charge on any atom is 0.205 e. The number of benzene rings is 2. The highest BCUT2D eigenvalue weighted by Gasteiger charge is 2.44. The van der Waals surface area contributed by atoms with E-state index >= 15 is 0 Å². The second kappa shape index (κ2) is 7.13. The lowest BCUT2D eigenvalue weighted by atomic mass is 9.90. The quantitative estimate of drug-likeness (QED) is 0.668. The van der Waals surface area contributed by atoms with Crippen molar-refractivity contribution >= 4 is 11.0 Å². The van der Waals surface area contributed by atoms with Gasteiger partial charge in [0.15, 0.2) is 17.4 Å². The van der Waals surface area contributed by atoms with E-state index in [0.29, 0.717) is 22.8 Å². The van der Waals surface area contributed by atoms with E-state index in [9.17, 15) is 0 Å². The maximum atomic E-state index is 6.47. The van der Waals surface area contributed by atoms with Crippen molar-refractivity contribution < 1.29 is 28.1 Å². The Balaban J connectivity index is 1.99. The molecule has 142 valence electrons. The first kappa shape index (κ1) is 17.7. The molecule has 2 aromatic carbocycles. The molecule has 2 heterocycles. The van der Waals surface area contributed by atoms with E-state index in [0.717, 1.165) is 16.5 Å². The van der Waals surface area contributed by atoms with Crippen molar-refractivity contribution in [1.29, 1.82) is 0 Å². The third-order valence-electron chi connectivity index (χ3n) is 5.00. The van der Waals surface area contributed by atoms with Crippen molar-refractivity contribution in [3.05, 3.63) is 53.8 Å². The molecular weight excluding hydrogens is 348 g/mol. The summed E-state index contributed by atoms with van der Waals surface area (Å²) in [6.45, 7) is 0. The highest BCUT2D eigenvalue weighted by molar-refractivity contribution is 5.94. The van der Waals surface area contributed by atoms with Crippen molar-refractivity contribution in [3.8, 4) is 17.2 Å². The van der Waals surface area contributed by atoms with Crippen LogP contribution in [0.2, 0.25) is 0 Å². The highest BCUT2D eigenvalue weighted by atomic mass is 16.6. The number of ether oxygens (including phenoxy) is 5. The van der Waals surface area contributed by atoms with Gasteiger partial charge in [0.1, 0.15) is 18.0 Å². The summed E-state index contributed by atoms with van der Waals surface area (Å²) in [7, 11) is 6.48.